The van der Waals surface area contributed by atoms with Gasteiger partial charge in [0.15, 0.2) is 0 Å². The molecule has 0 aromatic heterocycles. The van der Waals surface area contributed by atoms with Gasteiger partial charge in [-0.15, -0.1) is 0 Å². The van der Waals surface area contributed by atoms with Crippen molar-refractivity contribution in [2.75, 3.05) is 5.32 Å². The van der Waals surface area contributed by atoms with E-state index in [1.807, 2.05) is 5.32 Å². The zero-order chi connectivity index (χ0) is 14.2. The molecule has 0 aliphatic heterocycles. The molecule has 1 N–H and O–H groups in total. The van der Waals surface area contributed by atoms with E-state index < -0.39 is 29.0 Å². The molecule has 1 saturated carbocycles. The molecule has 1 unspecified atom stereocenters. The maximum Gasteiger partial charge on any atom is 0.418 e. The van der Waals surface area contributed by atoms with Crippen LogP contribution in [-0.2, 0) is 11.0 Å². The summed E-state index contributed by atoms with van der Waals surface area (Å²) in [7, 11) is 0. The molecule has 1 atom stereocenters. The lowest BCUT2D eigenvalue weighted by Crippen LogP contribution is -2.22. The van der Waals surface area contributed by atoms with E-state index in [1.165, 1.54) is 6.07 Å². The second kappa shape index (κ2) is 5.00. The van der Waals surface area contributed by atoms with Crippen LogP contribution >= 0.6 is 11.6 Å². The number of anilines is 1. The quantitative estimate of drug-likeness (QED) is 0.661. The number of rotatable bonds is 3. The van der Waals surface area contributed by atoms with Gasteiger partial charge in [-0.1, -0.05) is 17.7 Å². The summed E-state index contributed by atoms with van der Waals surface area (Å²) in [4.78, 5) is 11.0. The van der Waals surface area contributed by atoms with Crippen LogP contribution in [0.15, 0.2) is 18.2 Å². The van der Waals surface area contributed by atoms with E-state index in [0.29, 0.717) is 5.56 Å². The second-order valence-corrected chi connectivity index (χ2v) is 4.75. The van der Waals surface area contributed by atoms with Crippen molar-refractivity contribution in [3.05, 3.63) is 29.3 Å². The zero-order valence-corrected chi connectivity index (χ0v) is 10.4. The molecule has 104 valence electrons. The zero-order valence-electron chi connectivity index (χ0n) is 9.60. The molecule has 1 aromatic rings. The molecule has 0 bridgehead atoms. The Morgan fingerprint density at radius 3 is 2.47 bits per heavy atom. The number of hydrogen-bond acceptors (Lipinski definition) is 1. The smallest absolute Gasteiger partial charge is 0.322 e. The molecule has 1 aliphatic rings. The van der Waals surface area contributed by atoms with E-state index in [-0.39, 0.29) is 5.92 Å². The highest BCUT2D eigenvalue weighted by molar-refractivity contribution is 6.31. The van der Waals surface area contributed by atoms with Crippen LogP contribution in [0, 0.1) is 0 Å². The van der Waals surface area contributed by atoms with Crippen molar-refractivity contribution in [2.45, 2.75) is 30.6 Å². The summed E-state index contributed by atoms with van der Waals surface area (Å²) in [6.45, 7) is 0. The molecule has 0 spiro atoms. The Hall–Kier alpha value is -1.30. The summed E-state index contributed by atoms with van der Waals surface area (Å²) in [5, 5.41) is 1.84. The molecule has 0 saturated heterocycles. The fourth-order valence-corrected chi connectivity index (χ4v) is 1.82. The number of nitrogens with one attached hydrogen (secondary N) is 1. The highest BCUT2D eigenvalue weighted by Crippen LogP contribution is 2.43. The van der Waals surface area contributed by atoms with Crippen LogP contribution in [0.4, 0.5) is 23.2 Å². The highest BCUT2D eigenvalue weighted by Gasteiger charge is 2.36. The largest absolute Gasteiger partial charge is 0.418 e. The summed E-state index contributed by atoms with van der Waals surface area (Å²) in [5.74, 6) is -1.17. The number of benzene rings is 1. The van der Waals surface area contributed by atoms with Crippen molar-refractivity contribution in [1.29, 1.82) is 0 Å². The molecule has 2 nitrogen and oxygen atoms in total. The SMILES string of the molecule is O=C(Nc1ccc(C2CC2)cc1C(F)(F)F)C(F)Cl. The minimum Gasteiger partial charge on any atom is -0.322 e. The van der Waals surface area contributed by atoms with Crippen LogP contribution in [0.1, 0.15) is 29.9 Å². The fourth-order valence-electron chi connectivity index (χ4n) is 1.76. The van der Waals surface area contributed by atoms with Gasteiger partial charge in [-0.25, -0.2) is 4.39 Å². The van der Waals surface area contributed by atoms with E-state index in [2.05, 4.69) is 0 Å². The van der Waals surface area contributed by atoms with Crippen LogP contribution in [0.2, 0.25) is 0 Å². The van der Waals surface area contributed by atoms with Gasteiger partial charge >= 0.3 is 6.18 Å². The number of hydrogen-bond donors (Lipinski definition) is 1. The lowest BCUT2D eigenvalue weighted by atomic mass is 10.0. The first-order valence-corrected chi connectivity index (χ1v) is 6.03. The Morgan fingerprint density at radius 1 is 1.37 bits per heavy atom. The van der Waals surface area contributed by atoms with E-state index in [4.69, 9.17) is 11.6 Å². The van der Waals surface area contributed by atoms with E-state index in [9.17, 15) is 22.4 Å². The van der Waals surface area contributed by atoms with Gasteiger partial charge in [-0.2, -0.15) is 13.2 Å². The summed E-state index contributed by atoms with van der Waals surface area (Å²) < 4.78 is 51.2. The van der Waals surface area contributed by atoms with Gasteiger partial charge in [0.1, 0.15) is 0 Å². The first kappa shape index (κ1) is 14.1. The van der Waals surface area contributed by atoms with Gasteiger partial charge in [0, 0.05) is 0 Å². The minimum atomic E-state index is -4.62. The van der Waals surface area contributed by atoms with Crippen molar-refractivity contribution in [3.8, 4) is 0 Å². The predicted octanol–water partition coefficient (Wildman–Crippen LogP) is 4.06. The standard InChI is InChI=1S/C12H10ClF4NO/c13-10(14)11(19)18-9-4-3-7(6-1-2-6)5-8(9)12(15,16)17/h3-6,10H,1-2H2,(H,18,19). The average molecular weight is 296 g/mol. The van der Waals surface area contributed by atoms with Crippen LogP contribution in [0.25, 0.3) is 0 Å². The summed E-state index contributed by atoms with van der Waals surface area (Å²) >= 11 is 4.88. The molecule has 19 heavy (non-hydrogen) atoms. The normalized spacial score (nSPS) is 17.1. The predicted molar refractivity (Wildman–Crippen MR) is 62.8 cm³/mol. The molecule has 1 aromatic carbocycles. The molecular formula is C12H10ClF4NO. The minimum absolute atomic E-state index is 0.146. The Balaban J connectivity index is 2.33. The van der Waals surface area contributed by atoms with Crippen LogP contribution in [0.5, 0.6) is 0 Å². The Bertz CT molecular complexity index is 497. The number of alkyl halides is 5. The van der Waals surface area contributed by atoms with Gasteiger partial charge in [-0.05, 0) is 36.5 Å². The maximum absolute atomic E-state index is 12.9. The lowest BCUT2D eigenvalue weighted by Gasteiger charge is -2.15. The average Bonchev–Trinajstić information content (AvgIpc) is 3.11. The molecule has 0 heterocycles. The molecule has 1 aliphatic carbocycles. The summed E-state index contributed by atoms with van der Waals surface area (Å²) in [6.07, 6.45) is -2.90. The van der Waals surface area contributed by atoms with Crippen LogP contribution in [0.3, 0.4) is 0 Å². The fraction of sp³-hybridized carbons (Fsp3) is 0.417. The van der Waals surface area contributed by atoms with Crippen LogP contribution < -0.4 is 5.32 Å². The first-order valence-electron chi connectivity index (χ1n) is 5.59. The van der Waals surface area contributed by atoms with Gasteiger partial charge in [-0.3, -0.25) is 4.79 Å². The molecule has 1 fully saturated rings. The lowest BCUT2D eigenvalue weighted by molar-refractivity contribution is -0.137. The number of halogens is 5. The van der Waals surface area contributed by atoms with Crippen molar-refractivity contribution in [2.24, 2.45) is 0 Å². The third-order valence-corrected chi connectivity index (χ3v) is 3.05. The Morgan fingerprint density at radius 2 is 2.00 bits per heavy atom. The van der Waals surface area contributed by atoms with Gasteiger partial charge < -0.3 is 5.32 Å². The topological polar surface area (TPSA) is 29.1 Å². The summed E-state index contributed by atoms with van der Waals surface area (Å²) in [5.41, 5.74) is -3.27. The summed E-state index contributed by atoms with van der Waals surface area (Å²) in [6, 6.07) is 3.63. The van der Waals surface area contributed by atoms with Crippen molar-refractivity contribution < 1.29 is 22.4 Å². The number of carbonyl (C=O) groups excluding carboxylic acids is 1. The first-order chi connectivity index (χ1) is 8.79. The number of carbonyl (C=O) groups is 1. The molecule has 2 rings (SSSR count). The molecule has 1 amide bonds. The van der Waals surface area contributed by atoms with Crippen molar-refractivity contribution >= 4 is 23.2 Å². The van der Waals surface area contributed by atoms with Gasteiger partial charge in [0.05, 0.1) is 11.3 Å². The Labute approximate surface area is 111 Å². The van der Waals surface area contributed by atoms with Crippen molar-refractivity contribution in [1.82, 2.24) is 0 Å². The van der Waals surface area contributed by atoms with E-state index >= 15 is 0 Å². The van der Waals surface area contributed by atoms with Crippen LogP contribution in [-0.4, -0.2) is 11.5 Å². The third-order valence-electron chi connectivity index (χ3n) is 2.85. The third kappa shape index (κ3) is 3.37. The second-order valence-electron chi connectivity index (χ2n) is 4.37. The monoisotopic (exact) mass is 295 g/mol. The number of amides is 1. The van der Waals surface area contributed by atoms with E-state index in [0.717, 1.165) is 25.0 Å². The highest BCUT2D eigenvalue weighted by atomic mass is 35.5. The molecule has 7 heteroatoms. The molecular weight excluding hydrogens is 286 g/mol. The van der Waals surface area contributed by atoms with Crippen molar-refractivity contribution in [3.63, 3.8) is 0 Å². The van der Waals surface area contributed by atoms with E-state index in [1.54, 1.807) is 0 Å². The van der Waals surface area contributed by atoms with Gasteiger partial charge in [0.2, 0.25) is 0 Å². The Kier molecular flexibility index (Phi) is 3.71. The maximum atomic E-state index is 12.9. The van der Waals surface area contributed by atoms with Gasteiger partial charge in [0.25, 0.3) is 11.5 Å². The molecule has 0 radical (unpaired) electrons.